The molecule has 118 valence electrons. The fourth-order valence-electron chi connectivity index (χ4n) is 2.49. The number of nitrogens with zero attached hydrogens (tertiary/aromatic N) is 3. The van der Waals surface area contributed by atoms with Crippen molar-refractivity contribution in [3.63, 3.8) is 0 Å². The number of aryl methyl sites for hydroxylation is 1. The van der Waals surface area contributed by atoms with E-state index in [4.69, 9.17) is 0 Å². The number of hydrogen-bond acceptors (Lipinski definition) is 3. The van der Waals surface area contributed by atoms with Gasteiger partial charge < -0.3 is 10.0 Å². The molecule has 0 radical (unpaired) electrons. The minimum Gasteiger partial charge on any atom is -0.388 e. The minimum absolute atomic E-state index is 0.409. The smallest absolute Gasteiger partial charge is 0.0802 e. The van der Waals surface area contributed by atoms with Crippen molar-refractivity contribution in [2.45, 2.75) is 32.5 Å². The predicted molar refractivity (Wildman–Crippen MR) is 89.5 cm³/mol. The van der Waals surface area contributed by atoms with Gasteiger partial charge >= 0.3 is 0 Å². The van der Waals surface area contributed by atoms with Crippen LogP contribution in [0.15, 0.2) is 49.2 Å². The highest BCUT2D eigenvalue weighted by Crippen LogP contribution is 2.17. The number of rotatable bonds is 8. The molecule has 0 bridgehead atoms. The van der Waals surface area contributed by atoms with Gasteiger partial charge in [0.15, 0.2) is 0 Å². The van der Waals surface area contributed by atoms with Gasteiger partial charge in [-0.25, -0.2) is 0 Å². The van der Waals surface area contributed by atoms with Crippen LogP contribution in [0, 0.1) is 6.92 Å². The first kappa shape index (κ1) is 16.5. The highest BCUT2D eigenvalue weighted by atomic mass is 16.3. The second-order valence-electron chi connectivity index (χ2n) is 5.70. The van der Waals surface area contributed by atoms with Crippen LogP contribution >= 0.6 is 0 Å². The molecular weight excluding hydrogens is 274 g/mol. The van der Waals surface area contributed by atoms with Gasteiger partial charge in [-0.1, -0.05) is 36.4 Å². The van der Waals surface area contributed by atoms with Gasteiger partial charge in [-0.3, -0.25) is 4.68 Å². The van der Waals surface area contributed by atoms with Crippen LogP contribution < -0.4 is 0 Å². The Labute approximate surface area is 132 Å². The lowest BCUT2D eigenvalue weighted by Crippen LogP contribution is -2.21. The van der Waals surface area contributed by atoms with E-state index in [9.17, 15) is 5.11 Å². The first-order valence-electron chi connectivity index (χ1n) is 7.65. The Morgan fingerprint density at radius 2 is 2.09 bits per heavy atom. The highest BCUT2D eigenvalue weighted by molar-refractivity contribution is 5.17. The first-order chi connectivity index (χ1) is 10.6. The zero-order valence-corrected chi connectivity index (χ0v) is 13.4. The van der Waals surface area contributed by atoms with E-state index < -0.39 is 6.10 Å². The average molecular weight is 299 g/mol. The third kappa shape index (κ3) is 4.55. The van der Waals surface area contributed by atoms with Crippen LogP contribution in [-0.2, 0) is 13.1 Å². The second kappa shape index (κ2) is 7.92. The minimum atomic E-state index is -0.409. The van der Waals surface area contributed by atoms with Crippen molar-refractivity contribution in [2.24, 2.45) is 0 Å². The van der Waals surface area contributed by atoms with Crippen molar-refractivity contribution in [3.8, 4) is 0 Å². The zero-order chi connectivity index (χ0) is 15.9. The van der Waals surface area contributed by atoms with Gasteiger partial charge in [0.2, 0.25) is 0 Å². The molecule has 0 saturated heterocycles. The molecule has 0 amide bonds. The topological polar surface area (TPSA) is 41.3 Å². The number of aliphatic hydroxyl groups excluding tert-OH is 1. The van der Waals surface area contributed by atoms with Crippen molar-refractivity contribution in [1.82, 2.24) is 14.7 Å². The molecule has 2 rings (SSSR count). The van der Waals surface area contributed by atoms with Crippen LogP contribution in [0.3, 0.4) is 0 Å². The van der Waals surface area contributed by atoms with Crippen molar-refractivity contribution >= 4 is 0 Å². The molecule has 0 saturated carbocycles. The lowest BCUT2D eigenvalue weighted by molar-refractivity contribution is 0.147. The SMILES string of the molecule is C=CCn1cc(CN(C)CC[C@@H](O)c2ccccc2)c(C)n1. The summed E-state index contributed by atoms with van der Waals surface area (Å²) in [4.78, 5) is 2.22. The normalized spacial score (nSPS) is 12.5. The van der Waals surface area contributed by atoms with Gasteiger partial charge in [0.05, 0.1) is 18.3 Å². The largest absolute Gasteiger partial charge is 0.388 e. The maximum Gasteiger partial charge on any atom is 0.0802 e. The van der Waals surface area contributed by atoms with Gasteiger partial charge in [0, 0.05) is 24.8 Å². The molecule has 1 atom stereocenters. The van der Waals surface area contributed by atoms with Crippen LogP contribution in [-0.4, -0.2) is 33.4 Å². The van der Waals surface area contributed by atoms with Gasteiger partial charge in [-0.2, -0.15) is 5.10 Å². The summed E-state index contributed by atoms with van der Waals surface area (Å²) in [6, 6.07) is 9.81. The summed E-state index contributed by atoms with van der Waals surface area (Å²) < 4.78 is 1.91. The van der Waals surface area contributed by atoms with Gasteiger partial charge in [-0.15, -0.1) is 6.58 Å². The fraction of sp³-hybridized carbons (Fsp3) is 0.389. The van der Waals surface area contributed by atoms with Crippen molar-refractivity contribution in [1.29, 1.82) is 0 Å². The number of benzene rings is 1. The highest BCUT2D eigenvalue weighted by Gasteiger charge is 2.11. The number of allylic oxidation sites excluding steroid dienone is 1. The van der Waals surface area contributed by atoms with E-state index >= 15 is 0 Å². The molecule has 1 N–H and O–H groups in total. The molecule has 22 heavy (non-hydrogen) atoms. The predicted octanol–water partition coefficient (Wildman–Crippen LogP) is 2.93. The molecule has 1 aromatic carbocycles. The van der Waals surface area contributed by atoms with E-state index in [2.05, 4.69) is 29.8 Å². The van der Waals surface area contributed by atoms with E-state index in [0.29, 0.717) is 0 Å². The Morgan fingerprint density at radius 1 is 1.36 bits per heavy atom. The van der Waals surface area contributed by atoms with Gasteiger partial charge in [-0.05, 0) is 26.0 Å². The second-order valence-corrected chi connectivity index (χ2v) is 5.70. The molecule has 1 heterocycles. The Bertz CT molecular complexity index is 592. The Morgan fingerprint density at radius 3 is 2.77 bits per heavy atom. The summed E-state index contributed by atoms with van der Waals surface area (Å²) in [5, 5.41) is 14.7. The third-order valence-corrected chi connectivity index (χ3v) is 3.77. The zero-order valence-electron chi connectivity index (χ0n) is 13.4. The summed E-state index contributed by atoms with van der Waals surface area (Å²) in [7, 11) is 2.07. The quantitative estimate of drug-likeness (QED) is 0.762. The number of aliphatic hydroxyl groups is 1. The number of hydrogen-bond donors (Lipinski definition) is 1. The van der Waals surface area contributed by atoms with Crippen LogP contribution in [0.1, 0.15) is 29.3 Å². The number of aromatic nitrogens is 2. The van der Waals surface area contributed by atoms with E-state index in [1.54, 1.807) is 0 Å². The van der Waals surface area contributed by atoms with Crippen LogP contribution in [0.25, 0.3) is 0 Å². The van der Waals surface area contributed by atoms with Crippen LogP contribution in [0.2, 0.25) is 0 Å². The molecule has 0 aliphatic rings. The van der Waals surface area contributed by atoms with Crippen molar-refractivity contribution in [3.05, 3.63) is 66.0 Å². The average Bonchev–Trinajstić information content (AvgIpc) is 2.86. The van der Waals surface area contributed by atoms with Gasteiger partial charge in [0.25, 0.3) is 0 Å². The molecule has 1 aromatic heterocycles. The lowest BCUT2D eigenvalue weighted by Gasteiger charge is -2.18. The van der Waals surface area contributed by atoms with E-state index in [-0.39, 0.29) is 0 Å². The summed E-state index contributed by atoms with van der Waals surface area (Å²) >= 11 is 0. The Hall–Kier alpha value is -1.91. The maximum absolute atomic E-state index is 10.2. The van der Waals surface area contributed by atoms with Gasteiger partial charge in [0.1, 0.15) is 0 Å². The summed E-state index contributed by atoms with van der Waals surface area (Å²) in [5.41, 5.74) is 3.25. The van der Waals surface area contributed by atoms with E-state index in [0.717, 1.165) is 37.3 Å². The molecule has 0 aliphatic heterocycles. The van der Waals surface area contributed by atoms with Crippen LogP contribution in [0.4, 0.5) is 0 Å². The molecule has 0 unspecified atom stereocenters. The van der Waals surface area contributed by atoms with Crippen molar-refractivity contribution in [2.75, 3.05) is 13.6 Å². The molecule has 0 fully saturated rings. The van der Waals surface area contributed by atoms with E-state index in [1.165, 1.54) is 5.56 Å². The van der Waals surface area contributed by atoms with E-state index in [1.807, 2.05) is 48.0 Å². The molecule has 4 nitrogen and oxygen atoms in total. The Balaban J connectivity index is 1.85. The third-order valence-electron chi connectivity index (χ3n) is 3.77. The molecule has 4 heteroatoms. The first-order valence-corrected chi connectivity index (χ1v) is 7.65. The molecule has 0 aliphatic carbocycles. The maximum atomic E-state index is 10.2. The van der Waals surface area contributed by atoms with Crippen LogP contribution in [0.5, 0.6) is 0 Å². The molecule has 0 spiro atoms. The summed E-state index contributed by atoms with van der Waals surface area (Å²) in [5.74, 6) is 0. The summed E-state index contributed by atoms with van der Waals surface area (Å²) in [6.07, 6.45) is 4.23. The molecule has 2 aromatic rings. The standard InChI is InChI=1S/C18H25N3O/c1-4-11-21-14-17(15(2)19-21)13-20(3)12-10-18(22)16-8-6-5-7-9-16/h4-9,14,18,22H,1,10-13H2,2-3H3/t18-/m1/s1. The summed E-state index contributed by atoms with van der Waals surface area (Å²) in [6.45, 7) is 8.17. The molecular formula is C18H25N3O. The van der Waals surface area contributed by atoms with Crippen molar-refractivity contribution < 1.29 is 5.11 Å². The monoisotopic (exact) mass is 299 g/mol. The lowest BCUT2D eigenvalue weighted by atomic mass is 10.1. The fourth-order valence-corrected chi connectivity index (χ4v) is 2.49. The Kier molecular flexibility index (Phi) is 5.92.